The van der Waals surface area contributed by atoms with Crippen molar-refractivity contribution in [2.24, 2.45) is 0 Å². The molecule has 0 aromatic heterocycles. The molecule has 5 heteroatoms. The minimum absolute atomic E-state index is 0.0727. The molecular formula is C12H17FO4. The number of halogens is 1. The van der Waals surface area contributed by atoms with Crippen LogP contribution in [0.1, 0.15) is 12.5 Å². The number of hydrogen-bond acceptors (Lipinski definition) is 4. The van der Waals surface area contributed by atoms with Gasteiger partial charge in [0.25, 0.3) is 0 Å². The second kappa shape index (κ2) is 5.72. The molecule has 0 saturated carbocycles. The van der Waals surface area contributed by atoms with Crippen LogP contribution < -0.4 is 14.2 Å². The molecule has 1 unspecified atom stereocenters. The average Bonchev–Trinajstić information content (AvgIpc) is 2.28. The Labute approximate surface area is 99.9 Å². The van der Waals surface area contributed by atoms with Gasteiger partial charge in [-0.3, -0.25) is 0 Å². The summed E-state index contributed by atoms with van der Waals surface area (Å²) in [6, 6.07) is 1.20. The second-order valence-corrected chi connectivity index (χ2v) is 3.66. The Morgan fingerprint density at radius 1 is 1.18 bits per heavy atom. The molecule has 0 heterocycles. The zero-order valence-corrected chi connectivity index (χ0v) is 10.4. The van der Waals surface area contributed by atoms with Crippen molar-refractivity contribution in [3.8, 4) is 17.2 Å². The second-order valence-electron chi connectivity index (χ2n) is 3.66. The van der Waals surface area contributed by atoms with E-state index in [1.807, 2.05) is 0 Å². The minimum Gasteiger partial charge on any atom is -0.493 e. The van der Waals surface area contributed by atoms with E-state index in [2.05, 4.69) is 0 Å². The van der Waals surface area contributed by atoms with Gasteiger partial charge in [0.2, 0.25) is 0 Å². The Kier molecular flexibility index (Phi) is 4.57. The Bertz CT molecular complexity index is 391. The molecule has 0 radical (unpaired) electrons. The quantitative estimate of drug-likeness (QED) is 0.857. The van der Waals surface area contributed by atoms with Crippen molar-refractivity contribution in [1.82, 2.24) is 0 Å². The van der Waals surface area contributed by atoms with Crippen molar-refractivity contribution in [3.63, 3.8) is 0 Å². The molecule has 1 aromatic rings. The van der Waals surface area contributed by atoms with Gasteiger partial charge in [0.15, 0.2) is 23.1 Å². The molecule has 0 bridgehead atoms. The highest BCUT2D eigenvalue weighted by Crippen LogP contribution is 2.40. The predicted octanol–water partition coefficient (Wildman–Crippen LogP) is 1.77. The van der Waals surface area contributed by atoms with E-state index < -0.39 is 11.9 Å². The molecule has 0 aliphatic heterocycles. The summed E-state index contributed by atoms with van der Waals surface area (Å²) < 4.78 is 28.9. The van der Waals surface area contributed by atoms with E-state index in [1.165, 1.54) is 27.4 Å². The maximum Gasteiger partial charge on any atom is 0.169 e. The van der Waals surface area contributed by atoms with Crippen LogP contribution in [0.3, 0.4) is 0 Å². The molecule has 96 valence electrons. The standard InChI is InChI=1S/C12H17FO4/c1-7(14)5-8-11(16-3)9(13)6-10(15-2)12(8)17-4/h6-7,14H,5H2,1-4H3. The average molecular weight is 244 g/mol. The van der Waals surface area contributed by atoms with Crippen LogP contribution in [0.2, 0.25) is 0 Å². The first kappa shape index (κ1) is 13.6. The van der Waals surface area contributed by atoms with Gasteiger partial charge in [-0.05, 0) is 6.92 Å². The Balaban J connectivity index is 3.41. The summed E-state index contributed by atoms with van der Waals surface area (Å²) in [5.74, 6) is 0.192. The van der Waals surface area contributed by atoms with E-state index in [0.29, 0.717) is 11.3 Å². The zero-order valence-electron chi connectivity index (χ0n) is 10.4. The molecule has 4 nitrogen and oxygen atoms in total. The van der Waals surface area contributed by atoms with Gasteiger partial charge < -0.3 is 19.3 Å². The van der Waals surface area contributed by atoms with Gasteiger partial charge in [0.1, 0.15) is 0 Å². The molecular weight excluding hydrogens is 227 g/mol. The molecule has 17 heavy (non-hydrogen) atoms. The summed E-state index contributed by atoms with van der Waals surface area (Å²) in [5.41, 5.74) is 0.460. The summed E-state index contributed by atoms with van der Waals surface area (Å²) in [5, 5.41) is 9.43. The number of benzene rings is 1. The van der Waals surface area contributed by atoms with Crippen LogP contribution >= 0.6 is 0 Å². The van der Waals surface area contributed by atoms with Gasteiger partial charge in [0.05, 0.1) is 27.4 Å². The minimum atomic E-state index is -0.635. The Morgan fingerprint density at radius 2 is 1.76 bits per heavy atom. The lowest BCUT2D eigenvalue weighted by atomic mass is 10.0. The van der Waals surface area contributed by atoms with E-state index in [0.717, 1.165) is 0 Å². The van der Waals surface area contributed by atoms with Crippen molar-refractivity contribution >= 4 is 0 Å². The van der Waals surface area contributed by atoms with E-state index in [1.54, 1.807) is 6.92 Å². The first-order valence-electron chi connectivity index (χ1n) is 5.20. The fourth-order valence-electron chi connectivity index (χ4n) is 1.72. The lowest BCUT2D eigenvalue weighted by Gasteiger charge is -2.17. The molecule has 0 amide bonds. The smallest absolute Gasteiger partial charge is 0.169 e. The van der Waals surface area contributed by atoms with Crippen LogP contribution in [0.25, 0.3) is 0 Å². The first-order chi connectivity index (χ1) is 8.04. The van der Waals surface area contributed by atoms with Crippen LogP contribution in [0.4, 0.5) is 4.39 Å². The van der Waals surface area contributed by atoms with Gasteiger partial charge in [-0.25, -0.2) is 4.39 Å². The van der Waals surface area contributed by atoms with Gasteiger partial charge in [-0.1, -0.05) is 0 Å². The largest absolute Gasteiger partial charge is 0.493 e. The molecule has 1 rings (SSSR count). The van der Waals surface area contributed by atoms with Crippen LogP contribution in [0, 0.1) is 5.82 Å². The molecule has 1 aromatic carbocycles. The van der Waals surface area contributed by atoms with Crippen LogP contribution in [0.5, 0.6) is 17.2 Å². The Hall–Kier alpha value is -1.49. The molecule has 0 spiro atoms. The molecule has 0 saturated heterocycles. The fourth-order valence-corrected chi connectivity index (χ4v) is 1.72. The fraction of sp³-hybridized carbons (Fsp3) is 0.500. The van der Waals surface area contributed by atoms with Gasteiger partial charge in [0, 0.05) is 18.1 Å². The summed E-state index contributed by atoms with van der Waals surface area (Å²) in [6.07, 6.45) is -0.412. The highest BCUT2D eigenvalue weighted by atomic mass is 19.1. The third kappa shape index (κ3) is 2.79. The Morgan fingerprint density at radius 3 is 2.18 bits per heavy atom. The molecule has 0 aliphatic rings. The third-order valence-electron chi connectivity index (χ3n) is 2.37. The molecule has 0 aliphatic carbocycles. The van der Waals surface area contributed by atoms with E-state index in [-0.39, 0.29) is 17.9 Å². The predicted molar refractivity (Wildman–Crippen MR) is 61.4 cm³/mol. The van der Waals surface area contributed by atoms with Gasteiger partial charge in [-0.15, -0.1) is 0 Å². The van der Waals surface area contributed by atoms with Crippen molar-refractivity contribution in [2.75, 3.05) is 21.3 Å². The molecule has 1 N–H and O–H groups in total. The lowest BCUT2D eigenvalue weighted by molar-refractivity contribution is 0.191. The van der Waals surface area contributed by atoms with E-state index >= 15 is 0 Å². The summed E-state index contributed by atoms with van der Waals surface area (Å²) in [6.45, 7) is 1.61. The summed E-state index contributed by atoms with van der Waals surface area (Å²) >= 11 is 0. The maximum atomic E-state index is 13.7. The number of methoxy groups -OCH3 is 3. The van der Waals surface area contributed by atoms with Crippen molar-refractivity contribution in [1.29, 1.82) is 0 Å². The first-order valence-corrected chi connectivity index (χ1v) is 5.20. The number of aliphatic hydroxyl groups is 1. The van der Waals surface area contributed by atoms with Crippen molar-refractivity contribution < 1.29 is 23.7 Å². The van der Waals surface area contributed by atoms with Crippen LogP contribution in [0.15, 0.2) is 6.07 Å². The lowest BCUT2D eigenvalue weighted by Crippen LogP contribution is -2.09. The number of aliphatic hydroxyl groups excluding tert-OH is 1. The maximum absolute atomic E-state index is 13.7. The normalized spacial score (nSPS) is 12.1. The number of ether oxygens (including phenoxy) is 3. The summed E-state index contributed by atoms with van der Waals surface area (Å²) in [4.78, 5) is 0. The van der Waals surface area contributed by atoms with Gasteiger partial charge >= 0.3 is 0 Å². The monoisotopic (exact) mass is 244 g/mol. The highest BCUT2D eigenvalue weighted by Gasteiger charge is 2.21. The van der Waals surface area contributed by atoms with Crippen molar-refractivity contribution in [3.05, 3.63) is 17.4 Å². The molecule has 0 fully saturated rings. The van der Waals surface area contributed by atoms with Crippen LogP contribution in [-0.2, 0) is 6.42 Å². The molecule has 1 atom stereocenters. The van der Waals surface area contributed by atoms with Crippen molar-refractivity contribution in [2.45, 2.75) is 19.4 Å². The topological polar surface area (TPSA) is 47.9 Å². The number of hydrogen-bond donors (Lipinski definition) is 1. The van der Waals surface area contributed by atoms with E-state index in [4.69, 9.17) is 14.2 Å². The third-order valence-corrected chi connectivity index (χ3v) is 2.37. The zero-order chi connectivity index (χ0) is 13.0. The number of rotatable bonds is 5. The highest BCUT2D eigenvalue weighted by molar-refractivity contribution is 5.55. The van der Waals surface area contributed by atoms with E-state index in [9.17, 15) is 9.50 Å². The van der Waals surface area contributed by atoms with Gasteiger partial charge in [-0.2, -0.15) is 0 Å². The van der Waals surface area contributed by atoms with Crippen LogP contribution in [-0.4, -0.2) is 32.5 Å². The summed E-state index contributed by atoms with van der Waals surface area (Å²) in [7, 11) is 4.26. The SMILES string of the molecule is COc1cc(F)c(OC)c(CC(C)O)c1OC.